The quantitative estimate of drug-likeness (QED) is 0.829. The van der Waals surface area contributed by atoms with Gasteiger partial charge in [-0.05, 0) is 12.1 Å². The van der Waals surface area contributed by atoms with Crippen LogP contribution in [0.1, 0.15) is 10.4 Å². The van der Waals surface area contributed by atoms with Crippen molar-refractivity contribution >= 4 is 18.3 Å². The Hall–Kier alpha value is -1.37. The minimum absolute atomic E-state index is 0. The van der Waals surface area contributed by atoms with Gasteiger partial charge in [0.15, 0.2) is 0 Å². The fourth-order valence-corrected chi connectivity index (χ4v) is 1.78. The first-order valence-electron chi connectivity index (χ1n) is 5.91. The van der Waals surface area contributed by atoms with E-state index in [1.54, 1.807) is 18.3 Å². The zero-order valence-corrected chi connectivity index (χ0v) is 11.5. The maximum absolute atomic E-state index is 12.0. The van der Waals surface area contributed by atoms with Crippen LogP contribution in [0.3, 0.4) is 0 Å². The molecule has 2 N–H and O–H groups in total. The molecule has 1 aliphatic rings. The first kappa shape index (κ1) is 15.7. The van der Waals surface area contributed by atoms with Crippen molar-refractivity contribution < 1.29 is 14.3 Å². The predicted molar refractivity (Wildman–Crippen MR) is 73.0 cm³/mol. The average Bonchev–Trinajstić information content (AvgIpc) is 2.45. The Bertz CT molecular complexity index is 411. The lowest BCUT2D eigenvalue weighted by Gasteiger charge is -2.23. The van der Waals surface area contributed by atoms with Crippen LogP contribution in [0.25, 0.3) is 0 Å². The van der Waals surface area contributed by atoms with Gasteiger partial charge in [0.05, 0.1) is 19.8 Å². The van der Waals surface area contributed by atoms with Gasteiger partial charge in [0.2, 0.25) is 5.88 Å². The number of ether oxygens (including phenoxy) is 2. The van der Waals surface area contributed by atoms with Crippen molar-refractivity contribution in [3.05, 3.63) is 23.9 Å². The Morgan fingerprint density at radius 3 is 3.21 bits per heavy atom. The molecular formula is C12H18ClN3O3. The van der Waals surface area contributed by atoms with Crippen molar-refractivity contribution in [2.45, 2.75) is 6.10 Å². The van der Waals surface area contributed by atoms with Crippen molar-refractivity contribution in [2.75, 3.05) is 33.4 Å². The van der Waals surface area contributed by atoms with Gasteiger partial charge in [-0.2, -0.15) is 0 Å². The average molecular weight is 288 g/mol. The van der Waals surface area contributed by atoms with E-state index in [4.69, 9.17) is 9.47 Å². The highest BCUT2D eigenvalue weighted by Gasteiger charge is 2.17. The van der Waals surface area contributed by atoms with Gasteiger partial charge < -0.3 is 20.1 Å². The number of pyridine rings is 1. The molecule has 1 saturated heterocycles. The molecule has 1 aliphatic heterocycles. The van der Waals surface area contributed by atoms with Crippen LogP contribution in [0, 0.1) is 0 Å². The predicted octanol–water partition coefficient (Wildman–Crippen LogP) is 0.230. The van der Waals surface area contributed by atoms with E-state index in [9.17, 15) is 4.79 Å². The van der Waals surface area contributed by atoms with Gasteiger partial charge >= 0.3 is 0 Å². The number of nitrogens with zero attached hydrogens (tertiary/aromatic N) is 1. The maximum Gasteiger partial charge on any atom is 0.256 e. The van der Waals surface area contributed by atoms with Crippen LogP contribution in [0.2, 0.25) is 0 Å². The number of halogens is 1. The van der Waals surface area contributed by atoms with Crippen LogP contribution < -0.4 is 15.4 Å². The number of carbonyl (C=O) groups excluding carboxylic acids is 1. The van der Waals surface area contributed by atoms with E-state index < -0.39 is 0 Å². The second-order valence-electron chi connectivity index (χ2n) is 3.97. The smallest absolute Gasteiger partial charge is 0.256 e. The third-order valence-electron chi connectivity index (χ3n) is 2.70. The van der Waals surface area contributed by atoms with E-state index >= 15 is 0 Å². The highest BCUT2D eigenvalue weighted by Crippen LogP contribution is 2.12. The van der Waals surface area contributed by atoms with Gasteiger partial charge in [0.1, 0.15) is 5.56 Å². The molecule has 0 bridgehead atoms. The highest BCUT2D eigenvalue weighted by molar-refractivity contribution is 5.96. The molecule has 6 nitrogen and oxygen atoms in total. The molecule has 0 radical (unpaired) electrons. The van der Waals surface area contributed by atoms with Gasteiger partial charge in [0, 0.05) is 25.8 Å². The second-order valence-corrected chi connectivity index (χ2v) is 3.97. The minimum Gasteiger partial charge on any atom is -0.480 e. The summed E-state index contributed by atoms with van der Waals surface area (Å²) in [6.07, 6.45) is 1.61. The van der Waals surface area contributed by atoms with E-state index in [1.165, 1.54) is 7.11 Å². The Balaban J connectivity index is 0.00000180. The van der Waals surface area contributed by atoms with Crippen molar-refractivity contribution in [3.8, 4) is 5.88 Å². The third kappa shape index (κ3) is 4.34. The Morgan fingerprint density at radius 2 is 2.53 bits per heavy atom. The number of hydrogen-bond donors (Lipinski definition) is 2. The SMILES string of the molecule is COc1ncccc1C(=O)NCC1CNCCO1.Cl. The number of aromatic nitrogens is 1. The monoisotopic (exact) mass is 287 g/mol. The molecule has 0 aliphatic carbocycles. The first-order valence-corrected chi connectivity index (χ1v) is 5.91. The van der Waals surface area contributed by atoms with Crippen LogP contribution in [0.5, 0.6) is 5.88 Å². The Kier molecular flexibility index (Phi) is 6.55. The number of methoxy groups -OCH3 is 1. The van der Waals surface area contributed by atoms with Crippen LogP contribution in [-0.2, 0) is 4.74 Å². The molecule has 1 aromatic rings. The first-order chi connectivity index (χ1) is 8.81. The van der Waals surface area contributed by atoms with E-state index in [2.05, 4.69) is 15.6 Å². The lowest BCUT2D eigenvalue weighted by Crippen LogP contribution is -2.45. The van der Waals surface area contributed by atoms with Crippen molar-refractivity contribution in [2.24, 2.45) is 0 Å². The number of carbonyl (C=O) groups is 1. The van der Waals surface area contributed by atoms with Gasteiger partial charge in [-0.1, -0.05) is 0 Å². The van der Waals surface area contributed by atoms with Crippen LogP contribution in [0.4, 0.5) is 0 Å². The van der Waals surface area contributed by atoms with E-state index in [-0.39, 0.29) is 24.4 Å². The Morgan fingerprint density at radius 1 is 1.68 bits per heavy atom. The molecular weight excluding hydrogens is 270 g/mol. The normalized spacial score (nSPS) is 18.3. The summed E-state index contributed by atoms with van der Waals surface area (Å²) in [6.45, 7) is 2.77. The summed E-state index contributed by atoms with van der Waals surface area (Å²) in [7, 11) is 1.49. The number of morpholine rings is 1. The summed E-state index contributed by atoms with van der Waals surface area (Å²) in [6, 6.07) is 3.39. The van der Waals surface area contributed by atoms with Gasteiger partial charge in [-0.25, -0.2) is 4.98 Å². The summed E-state index contributed by atoms with van der Waals surface area (Å²) in [5, 5.41) is 6.03. The van der Waals surface area contributed by atoms with E-state index in [0.29, 0.717) is 24.6 Å². The minimum atomic E-state index is -0.200. The van der Waals surface area contributed by atoms with E-state index in [1.807, 2.05) is 0 Å². The number of hydrogen-bond acceptors (Lipinski definition) is 5. The molecule has 1 atom stereocenters. The molecule has 0 aromatic carbocycles. The number of nitrogens with one attached hydrogen (secondary N) is 2. The summed E-state index contributed by atoms with van der Waals surface area (Å²) in [5.74, 6) is 0.131. The molecule has 106 valence electrons. The van der Waals surface area contributed by atoms with Gasteiger partial charge in [-0.15, -0.1) is 12.4 Å². The molecule has 1 unspecified atom stereocenters. The molecule has 0 spiro atoms. The molecule has 2 rings (SSSR count). The molecule has 1 aromatic heterocycles. The largest absolute Gasteiger partial charge is 0.480 e. The maximum atomic E-state index is 12.0. The summed E-state index contributed by atoms with van der Waals surface area (Å²) in [5.41, 5.74) is 0.434. The molecule has 2 heterocycles. The molecule has 7 heteroatoms. The van der Waals surface area contributed by atoms with Crippen LogP contribution in [0.15, 0.2) is 18.3 Å². The summed E-state index contributed by atoms with van der Waals surface area (Å²) >= 11 is 0. The summed E-state index contributed by atoms with van der Waals surface area (Å²) < 4.78 is 10.5. The zero-order chi connectivity index (χ0) is 12.8. The summed E-state index contributed by atoms with van der Waals surface area (Å²) in [4.78, 5) is 15.9. The molecule has 1 fully saturated rings. The van der Waals surface area contributed by atoms with Crippen molar-refractivity contribution in [1.29, 1.82) is 0 Å². The lowest BCUT2D eigenvalue weighted by molar-refractivity contribution is 0.0287. The zero-order valence-electron chi connectivity index (χ0n) is 10.7. The Labute approximate surface area is 118 Å². The standard InChI is InChI=1S/C12H17N3O3.ClH/c1-17-12-10(3-2-4-14-12)11(16)15-8-9-7-13-5-6-18-9;/h2-4,9,13H,5-8H2,1H3,(H,15,16);1H. The fourth-order valence-electron chi connectivity index (χ4n) is 1.78. The van der Waals surface area contributed by atoms with Crippen LogP contribution in [-0.4, -0.2) is 50.3 Å². The van der Waals surface area contributed by atoms with Gasteiger partial charge in [-0.3, -0.25) is 4.79 Å². The number of amides is 1. The highest BCUT2D eigenvalue weighted by atomic mass is 35.5. The molecule has 1 amide bonds. The molecule has 0 saturated carbocycles. The third-order valence-corrected chi connectivity index (χ3v) is 2.70. The van der Waals surface area contributed by atoms with Crippen molar-refractivity contribution in [1.82, 2.24) is 15.6 Å². The lowest BCUT2D eigenvalue weighted by atomic mass is 10.2. The van der Waals surface area contributed by atoms with E-state index in [0.717, 1.165) is 13.1 Å². The number of rotatable bonds is 4. The topological polar surface area (TPSA) is 72.5 Å². The van der Waals surface area contributed by atoms with Crippen molar-refractivity contribution in [3.63, 3.8) is 0 Å². The fraction of sp³-hybridized carbons (Fsp3) is 0.500. The molecule has 19 heavy (non-hydrogen) atoms. The van der Waals surface area contributed by atoms with Crippen LogP contribution >= 0.6 is 12.4 Å². The second kappa shape index (κ2) is 7.93. The van der Waals surface area contributed by atoms with Gasteiger partial charge in [0.25, 0.3) is 5.91 Å².